The molecule has 3 aromatic rings. The zero-order chi connectivity index (χ0) is 30.4. The van der Waals surface area contributed by atoms with Crippen LogP contribution in [-0.4, -0.2) is 61.9 Å². The highest BCUT2D eigenvalue weighted by Gasteiger charge is 2.61. The Hall–Kier alpha value is -3.69. The van der Waals surface area contributed by atoms with Crippen LogP contribution in [0.25, 0.3) is 22.6 Å². The lowest BCUT2D eigenvalue weighted by molar-refractivity contribution is -0.192. The van der Waals surface area contributed by atoms with Crippen molar-refractivity contribution in [2.75, 3.05) is 5.73 Å². The Labute approximate surface area is 219 Å². The van der Waals surface area contributed by atoms with Crippen molar-refractivity contribution in [3.05, 3.63) is 48.5 Å². The molecule has 2 aromatic heterocycles. The first kappa shape index (κ1) is 23.4. The highest BCUT2D eigenvalue weighted by molar-refractivity contribution is 7.89. The van der Waals surface area contributed by atoms with Crippen molar-refractivity contribution < 1.29 is 40.7 Å². The molecule has 0 radical (unpaired) electrons. The van der Waals surface area contributed by atoms with E-state index < -0.39 is 40.2 Å². The maximum Gasteiger partial charge on any atom is 0.490 e. The van der Waals surface area contributed by atoms with Crippen LogP contribution in [0.4, 0.5) is 19.0 Å². The number of fused-ring (bicyclic) bond motifs is 1. The first-order valence-electron chi connectivity index (χ1n) is 12.4. The quantitative estimate of drug-likeness (QED) is 0.365. The maximum absolute atomic E-state index is 13.2. The van der Waals surface area contributed by atoms with Gasteiger partial charge in [-0.2, -0.15) is 13.2 Å². The second-order valence-electron chi connectivity index (χ2n) is 9.06. The molecule has 15 heteroatoms. The molecular formula is C23H23F3N6O5S. The molecule has 0 atom stereocenters. The topological polar surface area (TPSA) is 181 Å². The minimum absolute atomic E-state index is 0.0730. The van der Waals surface area contributed by atoms with E-state index in [1.165, 1.54) is 36.9 Å². The number of carbonyl (C=O) groups is 1. The number of aromatic nitrogens is 4. The van der Waals surface area contributed by atoms with Gasteiger partial charge >= 0.3 is 12.1 Å². The number of benzene rings is 1. The molecule has 3 aliphatic rings. The molecule has 2 heterocycles. The number of aliphatic carboxylic acids is 1. The number of sulfonamides is 1. The molecule has 0 saturated heterocycles. The van der Waals surface area contributed by atoms with Crippen molar-refractivity contribution in [2.45, 2.75) is 54.7 Å². The van der Waals surface area contributed by atoms with Crippen LogP contribution in [0.3, 0.4) is 0 Å². The number of nitrogens with two attached hydrogens (primary N) is 1. The summed E-state index contributed by atoms with van der Waals surface area (Å²) in [6.45, 7) is -2.53. The summed E-state index contributed by atoms with van der Waals surface area (Å²) in [5, 5.41) is 17.3. The fraction of sp³-hybridized carbons (Fsp3) is 0.348. The van der Waals surface area contributed by atoms with E-state index in [2.05, 4.69) is 24.7 Å². The SMILES string of the molecule is O=C(O)C(F)(F)F.[2H]C([2H])([2H])c1ccc(S(=O)(=O)NC23CCC(O)(C2)C3)cc1-c1cnc(N)c(-c2ccncn2)n1. The molecule has 3 aliphatic carbocycles. The zero-order valence-electron chi connectivity index (χ0n) is 22.4. The molecule has 38 heavy (non-hydrogen) atoms. The summed E-state index contributed by atoms with van der Waals surface area (Å²) in [7, 11) is -3.99. The third-order valence-electron chi connectivity index (χ3n) is 6.20. The lowest BCUT2D eigenvalue weighted by Gasteiger charge is -2.44. The largest absolute Gasteiger partial charge is 0.490 e. The van der Waals surface area contributed by atoms with Gasteiger partial charge in [0.05, 0.1) is 28.1 Å². The third kappa shape index (κ3) is 5.58. The molecule has 1 aromatic carbocycles. The number of hydrogen-bond acceptors (Lipinski definition) is 9. The Kier molecular flexibility index (Phi) is 5.89. The summed E-state index contributed by atoms with van der Waals surface area (Å²) in [4.78, 5) is 25.4. The predicted molar refractivity (Wildman–Crippen MR) is 128 cm³/mol. The number of carboxylic acid groups (broad SMARTS) is 1. The van der Waals surface area contributed by atoms with Crippen molar-refractivity contribution in [2.24, 2.45) is 0 Å². The first-order valence-corrected chi connectivity index (χ1v) is 12.4. The number of nitrogens with one attached hydrogen (secondary N) is 1. The van der Waals surface area contributed by atoms with Gasteiger partial charge in [0.2, 0.25) is 10.0 Å². The van der Waals surface area contributed by atoms with E-state index in [1.807, 2.05) is 0 Å². The average molecular weight is 556 g/mol. The van der Waals surface area contributed by atoms with Crippen LogP contribution in [-0.2, 0) is 14.8 Å². The lowest BCUT2D eigenvalue weighted by atomic mass is 9.74. The summed E-state index contributed by atoms with van der Waals surface area (Å²) in [6.07, 6.45) is 0.874. The van der Waals surface area contributed by atoms with Crippen molar-refractivity contribution >= 4 is 21.8 Å². The number of aryl methyl sites for hydroxylation is 1. The molecule has 5 N–H and O–H groups in total. The fourth-order valence-corrected chi connectivity index (χ4v) is 6.01. The highest BCUT2D eigenvalue weighted by atomic mass is 32.2. The Bertz CT molecular complexity index is 1580. The van der Waals surface area contributed by atoms with Gasteiger partial charge in [0.25, 0.3) is 0 Å². The van der Waals surface area contributed by atoms with Crippen molar-refractivity contribution in [1.29, 1.82) is 0 Å². The van der Waals surface area contributed by atoms with E-state index in [0.717, 1.165) is 0 Å². The fourth-order valence-electron chi connectivity index (χ4n) is 4.55. The standard InChI is InChI=1S/C21H22N6O3S.C2HF3O2/c1-13-2-3-14(31(29,30)27-20-5-6-21(28,10-20)11-20)8-15(13)17-9-24-19(22)18(26-17)16-4-7-23-12-25-16;3-2(4,5)1(6)7/h2-4,7-9,12,27-28H,5-6,10-11H2,1H3,(H2,22,24);(H,6,7)/i1D3;. The number of nitrogens with zero attached hydrogens (tertiary/aromatic N) is 4. The Balaban J connectivity index is 0.000000493. The molecule has 0 unspecified atom stereocenters. The molecule has 3 saturated carbocycles. The minimum atomic E-state index is -5.08. The van der Waals surface area contributed by atoms with Crippen LogP contribution in [0.1, 0.15) is 35.4 Å². The molecule has 11 nitrogen and oxygen atoms in total. The van der Waals surface area contributed by atoms with Gasteiger partial charge in [-0.1, -0.05) is 6.07 Å². The zero-order valence-corrected chi connectivity index (χ0v) is 20.2. The van der Waals surface area contributed by atoms with E-state index in [-0.39, 0.29) is 33.2 Å². The molecule has 0 aliphatic heterocycles. The lowest BCUT2D eigenvalue weighted by Crippen LogP contribution is -2.58. The molecule has 202 valence electrons. The van der Waals surface area contributed by atoms with Crippen molar-refractivity contribution in [1.82, 2.24) is 24.7 Å². The molecule has 6 rings (SSSR count). The van der Waals surface area contributed by atoms with Crippen LogP contribution in [0.5, 0.6) is 0 Å². The number of nitrogen functional groups attached to an aromatic ring is 1. The molecule has 0 spiro atoms. The second kappa shape index (κ2) is 9.56. The van der Waals surface area contributed by atoms with E-state index >= 15 is 0 Å². The van der Waals surface area contributed by atoms with Gasteiger partial charge in [0.1, 0.15) is 12.0 Å². The summed E-state index contributed by atoms with van der Waals surface area (Å²) < 4.78 is 84.7. The van der Waals surface area contributed by atoms with Gasteiger partial charge in [0.15, 0.2) is 5.82 Å². The van der Waals surface area contributed by atoms with Crippen molar-refractivity contribution in [3.8, 4) is 22.6 Å². The number of anilines is 1. The maximum atomic E-state index is 13.2. The van der Waals surface area contributed by atoms with Gasteiger partial charge in [-0.25, -0.2) is 37.9 Å². The summed E-state index contributed by atoms with van der Waals surface area (Å²) in [5.74, 6) is -2.67. The molecular weight excluding hydrogens is 529 g/mol. The summed E-state index contributed by atoms with van der Waals surface area (Å²) >= 11 is 0. The normalized spacial score (nSPS) is 23.7. The van der Waals surface area contributed by atoms with Gasteiger partial charge in [0, 0.05) is 21.4 Å². The van der Waals surface area contributed by atoms with Gasteiger partial charge in [-0.05, 0) is 56.3 Å². The van der Waals surface area contributed by atoms with Crippen molar-refractivity contribution in [3.63, 3.8) is 0 Å². The molecule has 3 fully saturated rings. The third-order valence-corrected chi connectivity index (χ3v) is 7.78. The Morgan fingerprint density at radius 1 is 1.18 bits per heavy atom. The number of hydrogen-bond donors (Lipinski definition) is 4. The minimum Gasteiger partial charge on any atom is -0.475 e. The molecule has 2 bridgehead atoms. The first-order chi connectivity index (χ1) is 18.8. The van der Waals surface area contributed by atoms with Gasteiger partial charge in [-0.3, -0.25) is 0 Å². The number of aliphatic hydroxyl groups is 1. The number of halogens is 3. The van der Waals surface area contributed by atoms with E-state index in [1.54, 1.807) is 6.07 Å². The summed E-state index contributed by atoms with van der Waals surface area (Å²) in [6, 6.07) is 5.40. The highest BCUT2D eigenvalue weighted by Crippen LogP contribution is 2.55. The van der Waals surface area contributed by atoms with Crippen LogP contribution in [0, 0.1) is 6.85 Å². The van der Waals surface area contributed by atoms with Crippen LogP contribution >= 0.6 is 0 Å². The average Bonchev–Trinajstić information content (AvgIpc) is 3.35. The van der Waals surface area contributed by atoms with Crippen LogP contribution in [0.15, 0.2) is 47.9 Å². The van der Waals surface area contributed by atoms with E-state index in [9.17, 15) is 26.7 Å². The van der Waals surface area contributed by atoms with Crippen LogP contribution < -0.4 is 10.5 Å². The van der Waals surface area contributed by atoms with E-state index in [4.69, 9.17) is 19.7 Å². The summed E-state index contributed by atoms with van der Waals surface area (Å²) in [5.41, 5.74) is 5.29. The van der Waals surface area contributed by atoms with E-state index in [0.29, 0.717) is 31.4 Å². The van der Waals surface area contributed by atoms with Gasteiger partial charge < -0.3 is 15.9 Å². The Morgan fingerprint density at radius 3 is 2.45 bits per heavy atom. The monoisotopic (exact) mass is 555 g/mol. The predicted octanol–water partition coefficient (Wildman–Crippen LogP) is 2.46. The number of alkyl halides is 3. The second-order valence-corrected chi connectivity index (χ2v) is 10.7. The molecule has 0 amide bonds. The smallest absolute Gasteiger partial charge is 0.475 e. The Morgan fingerprint density at radius 2 is 1.89 bits per heavy atom. The van der Waals surface area contributed by atoms with Crippen LogP contribution in [0.2, 0.25) is 0 Å². The number of carboxylic acids is 1. The van der Waals surface area contributed by atoms with Gasteiger partial charge in [-0.15, -0.1) is 0 Å². The number of rotatable bonds is 5.